The number of rotatable bonds is 5. The van der Waals surface area contributed by atoms with Gasteiger partial charge in [0.2, 0.25) is 11.8 Å². The minimum atomic E-state index is -0.698. The molecule has 1 saturated heterocycles. The molecule has 0 spiro atoms. The second kappa shape index (κ2) is 10.1. The lowest BCUT2D eigenvalue weighted by Crippen LogP contribution is -2.56. The Morgan fingerprint density at radius 2 is 1.93 bits per heavy atom. The normalized spacial score (nSPS) is 15.4. The third kappa shape index (κ3) is 6.53. The first-order valence-electron chi connectivity index (χ1n) is 8.50. The van der Waals surface area contributed by atoms with Crippen molar-refractivity contribution in [2.75, 3.05) is 33.2 Å². The third-order valence-corrected chi connectivity index (χ3v) is 4.72. The van der Waals surface area contributed by atoms with E-state index >= 15 is 0 Å². The van der Waals surface area contributed by atoms with Crippen LogP contribution in [0.5, 0.6) is 0 Å². The quantitative estimate of drug-likeness (QED) is 0.360. The molecule has 2 amide bonds. The van der Waals surface area contributed by atoms with Gasteiger partial charge < -0.3 is 20.9 Å². The molecule has 0 aliphatic carbocycles. The summed E-state index contributed by atoms with van der Waals surface area (Å²) in [5.74, 6) is 0.242. The molecule has 1 aromatic rings. The molecule has 0 aromatic heterocycles. The number of hydrogen-bond donors (Lipinski definition) is 2. The zero-order valence-corrected chi connectivity index (χ0v) is 19.0. The largest absolute Gasteiger partial charge is 0.369 e. The van der Waals surface area contributed by atoms with E-state index in [1.165, 1.54) is 0 Å². The first-order valence-corrected chi connectivity index (χ1v) is 8.88. The van der Waals surface area contributed by atoms with E-state index in [-0.39, 0.29) is 42.3 Å². The average molecular weight is 508 g/mol. The number of nitrogens with one attached hydrogen (secondary N) is 1. The molecule has 3 N–H and O–H groups in total. The number of primary amides is 1. The number of piperazine rings is 1. The molecule has 1 aliphatic rings. The molecule has 1 fully saturated rings. The van der Waals surface area contributed by atoms with Crippen LogP contribution in [0, 0.1) is 5.41 Å². The molecular weight excluding hydrogens is 481 g/mol. The van der Waals surface area contributed by atoms with Gasteiger partial charge in [0.05, 0.1) is 12.0 Å². The van der Waals surface area contributed by atoms with Crippen molar-refractivity contribution in [2.24, 2.45) is 16.1 Å². The zero-order chi connectivity index (χ0) is 19.3. The number of halogens is 2. The lowest BCUT2D eigenvalue weighted by Gasteiger charge is -2.36. The number of guanidine groups is 1. The number of carbonyl (C=O) groups is 2. The molecule has 9 heteroatoms. The van der Waals surface area contributed by atoms with Gasteiger partial charge in [-0.25, -0.2) is 0 Å². The molecule has 1 aromatic carbocycles. The third-order valence-electron chi connectivity index (χ3n) is 4.47. The highest BCUT2D eigenvalue weighted by Crippen LogP contribution is 2.15. The Kier molecular flexibility index (Phi) is 8.80. The summed E-state index contributed by atoms with van der Waals surface area (Å²) in [6.45, 7) is 5.95. The average Bonchev–Trinajstić information content (AvgIpc) is 2.59. The smallest absolute Gasteiger partial charge is 0.242 e. The van der Waals surface area contributed by atoms with Gasteiger partial charge in [-0.2, -0.15) is 0 Å². The topological polar surface area (TPSA) is 91.0 Å². The highest BCUT2D eigenvalue weighted by molar-refractivity contribution is 14.0. The fourth-order valence-corrected chi connectivity index (χ4v) is 2.71. The van der Waals surface area contributed by atoms with Crippen molar-refractivity contribution in [1.29, 1.82) is 0 Å². The number of aliphatic imine (C=N–C) groups is 1. The highest BCUT2D eigenvalue weighted by atomic mass is 127. The maximum atomic E-state index is 12.5. The van der Waals surface area contributed by atoms with Crippen LogP contribution in [-0.4, -0.2) is 60.8 Å². The molecule has 0 radical (unpaired) electrons. The maximum Gasteiger partial charge on any atom is 0.242 e. The summed E-state index contributed by atoms with van der Waals surface area (Å²) in [6, 6.07) is 7.50. The number of benzene rings is 1. The lowest BCUT2D eigenvalue weighted by atomic mass is 9.93. The Hall–Kier alpha value is -1.55. The van der Waals surface area contributed by atoms with Crippen LogP contribution in [0.15, 0.2) is 29.3 Å². The number of hydrogen-bond acceptors (Lipinski definition) is 3. The molecule has 150 valence electrons. The maximum absolute atomic E-state index is 12.5. The fraction of sp³-hybridized carbons (Fsp3) is 0.500. The Bertz CT molecular complexity index is 693. The summed E-state index contributed by atoms with van der Waals surface area (Å²) < 4.78 is 0. The van der Waals surface area contributed by atoms with Gasteiger partial charge in [0, 0.05) is 38.2 Å². The van der Waals surface area contributed by atoms with Gasteiger partial charge in [0.25, 0.3) is 0 Å². The predicted octanol–water partition coefficient (Wildman–Crippen LogP) is 1.69. The zero-order valence-electron chi connectivity index (χ0n) is 15.9. The molecule has 0 atom stereocenters. The molecule has 1 aliphatic heterocycles. The summed E-state index contributed by atoms with van der Waals surface area (Å²) in [7, 11) is 1.66. The van der Waals surface area contributed by atoms with Crippen molar-refractivity contribution in [1.82, 2.24) is 15.1 Å². The van der Waals surface area contributed by atoms with Gasteiger partial charge in [-0.3, -0.25) is 14.6 Å². The summed E-state index contributed by atoms with van der Waals surface area (Å²) in [5, 5.41) is 3.82. The second-order valence-electron chi connectivity index (χ2n) is 7.01. The summed E-state index contributed by atoms with van der Waals surface area (Å²) >= 11 is 5.90. The minimum absolute atomic E-state index is 0. The molecule has 1 heterocycles. The summed E-state index contributed by atoms with van der Waals surface area (Å²) in [4.78, 5) is 31.9. The van der Waals surface area contributed by atoms with Crippen LogP contribution in [-0.2, 0) is 16.1 Å². The van der Waals surface area contributed by atoms with E-state index in [9.17, 15) is 9.59 Å². The van der Waals surface area contributed by atoms with Crippen LogP contribution in [0.4, 0.5) is 0 Å². The summed E-state index contributed by atoms with van der Waals surface area (Å²) in [5.41, 5.74) is 5.74. The van der Waals surface area contributed by atoms with Crippen molar-refractivity contribution >= 4 is 53.4 Å². The van der Waals surface area contributed by atoms with Crippen molar-refractivity contribution in [2.45, 2.75) is 20.4 Å². The summed E-state index contributed by atoms with van der Waals surface area (Å²) in [6.07, 6.45) is 0. The molecule has 2 rings (SSSR count). The van der Waals surface area contributed by atoms with E-state index in [0.29, 0.717) is 37.2 Å². The monoisotopic (exact) mass is 507 g/mol. The first-order chi connectivity index (χ1) is 12.2. The van der Waals surface area contributed by atoms with E-state index in [2.05, 4.69) is 10.3 Å². The predicted molar refractivity (Wildman–Crippen MR) is 118 cm³/mol. The van der Waals surface area contributed by atoms with Crippen molar-refractivity contribution < 1.29 is 9.59 Å². The molecular formula is C18H27ClIN5O2. The van der Waals surface area contributed by atoms with Crippen molar-refractivity contribution in [3.05, 3.63) is 34.9 Å². The van der Waals surface area contributed by atoms with E-state index < -0.39 is 5.41 Å². The molecule has 0 bridgehead atoms. The van der Waals surface area contributed by atoms with Crippen LogP contribution < -0.4 is 11.1 Å². The van der Waals surface area contributed by atoms with Crippen molar-refractivity contribution in [3.63, 3.8) is 0 Å². The van der Waals surface area contributed by atoms with Gasteiger partial charge >= 0.3 is 0 Å². The Morgan fingerprint density at radius 3 is 2.44 bits per heavy atom. The van der Waals surface area contributed by atoms with E-state index in [1.54, 1.807) is 20.9 Å². The molecule has 0 unspecified atom stereocenters. The van der Waals surface area contributed by atoms with E-state index in [0.717, 1.165) is 5.56 Å². The van der Waals surface area contributed by atoms with E-state index in [4.69, 9.17) is 17.3 Å². The first kappa shape index (κ1) is 23.5. The number of nitrogens with two attached hydrogens (primary N) is 1. The van der Waals surface area contributed by atoms with Gasteiger partial charge in [-0.1, -0.05) is 23.7 Å². The van der Waals surface area contributed by atoms with Crippen LogP contribution >= 0.6 is 35.6 Å². The fourth-order valence-electron chi connectivity index (χ4n) is 2.59. The number of amides is 2. The second-order valence-corrected chi connectivity index (χ2v) is 7.45. The van der Waals surface area contributed by atoms with Crippen LogP contribution in [0.3, 0.4) is 0 Å². The van der Waals surface area contributed by atoms with Gasteiger partial charge in [-0.05, 0) is 31.5 Å². The van der Waals surface area contributed by atoms with Gasteiger partial charge in [-0.15, -0.1) is 24.0 Å². The highest BCUT2D eigenvalue weighted by Gasteiger charge is 2.29. The standard InChI is InChI=1S/C18H26ClN5O2.HI/c1-18(2,16(20)26)12-22-17(21-3)24-9-8-23(15(25)11-24)10-13-4-6-14(19)7-5-13;/h4-7H,8-12H2,1-3H3,(H2,20,26)(H,21,22);1H. The van der Waals surface area contributed by atoms with Crippen molar-refractivity contribution in [3.8, 4) is 0 Å². The number of carbonyl (C=O) groups excluding carboxylic acids is 2. The SMILES string of the molecule is CN=C(NCC(C)(C)C(N)=O)N1CCN(Cc2ccc(Cl)cc2)C(=O)C1.I. The Labute approximate surface area is 182 Å². The Morgan fingerprint density at radius 1 is 1.30 bits per heavy atom. The molecule has 7 nitrogen and oxygen atoms in total. The lowest BCUT2D eigenvalue weighted by molar-refractivity contribution is -0.135. The number of nitrogens with zero attached hydrogens (tertiary/aromatic N) is 3. The molecule has 27 heavy (non-hydrogen) atoms. The molecule has 0 saturated carbocycles. The van der Waals surface area contributed by atoms with E-state index in [1.807, 2.05) is 34.1 Å². The van der Waals surface area contributed by atoms with Crippen LogP contribution in [0.2, 0.25) is 5.02 Å². The van der Waals surface area contributed by atoms with Gasteiger partial charge in [0.1, 0.15) is 0 Å². The minimum Gasteiger partial charge on any atom is -0.369 e. The van der Waals surface area contributed by atoms with Crippen LogP contribution in [0.25, 0.3) is 0 Å². The Balaban J connectivity index is 0.00000364. The van der Waals surface area contributed by atoms with Gasteiger partial charge in [0.15, 0.2) is 5.96 Å². The van der Waals surface area contributed by atoms with Crippen LogP contribution in [0.1, 0.15) is 19.4 Å².